The van der Waals surface area contributed by atoms with Crippen molar-refractivity contribution in [2.75, 3.05) is 61.1 Å². The molecule has 3 unspecified atom stereocenters. The number of methoxy groups -OCH3 is 1. The van der Waals surface area contributed by atoms with E-state index in [0.717, 1.165) is 56.4 Å². The Morgan fingerprint density at radius 2 is 2.03 bits per heavy atom. The van der Waals surface area contributed by atoms with Gasteiger partial charge in [0, 0.05) is 38.9 Å². The van der Waals surface area contributed by atoms with Gasteiger partial charge in [-0.2, -0.15) is 0 Å². The van der Waals surface area contributed by atoms with Gasteiger partial charge in [0.25, 0.3) is 0 Å². The molecule has 164 valence electrons. The SMILES string of the molecule is CN=C(NCC(c1ccccc1OC)N(C)C)N1CCOC(C2CCCO2)C1.I. The summed E-state index contributed by atoms with van der Waals surface area (Å²) < 4.78 is 17.4. The van der Waals surface area contributed by atoms with Gasteiger partial charge in [-0.05, 0) is 33.0 Å². The van der Waals surface area contributed by atoms with Gasteiger partial charge in [-0.15, -0.1) is 24.0 Å². The highest BCUT2D eigenvalue weighted by Crippen LogP contribution is 2.27. The van der Waals surface area contributed by atoms with Crippen LogP contribution in [0.1, 0.15) is 24.4 Å². The second-order valence-corrected chi connectivity index (χ2v) is 7.56. The van der Waals surface area contributed by atoms with Gasteiger partial charge in [-0.25, -0.2) is 0 Å². The lowest BCUT2D eigenvalue weighted by molar-refractivity contribution is -0.0817. The van der Waals surface area contributed by atoms with Gasteiger partial charge in [0.05, 0.1) is 25.9 Å². The molecule has 0 amide bonds. The first-order chi connectivity index (χ1) is 13.6. The lowest BCUT2D eigenvalue weighted by Crippen LogP contribution is -2.54. The number of nitrogens with zero attached hydrogens (tertiary/aromatic N) is 3. The van der Waals surface area contributed by atoms with Gasteiger partial charge in [-0.3, -0.25) is 4.99 Å². The number of morpholine rings is 1. The predicted octanol–water partition coefficient (Wildman–Crippen LogP) is 2.37. The van der Waals surface area contributed by atoms with Crippen LogP contribution in [0.25, 0.3) is 0 Å². The van der Waals surface area contributed by atoms with Crippen LogP contribution in [0.5, 0.6) is 5.75 Å². The second-order valence-electron chi connectivity index (χ2n) is 7.56. The molecule has 1 aromatic rings. The summed E-state index contributed by atoms with van der Waals surface area (Å²) in [4.78, 5) is 9.01. The molecule has 0 aliphatic carbocycles. The van der Waals surface area contributed by atoms with Crippen LogP contribution in [0.2, 0.25) is 0 Å². The van der Waals surface area contributed by atoms with Crippen LogP contribution < -0.4 is 10.1 Å². The van der Waals surface area contributed by atoms with E-state index in [4.69, 9.17) is 14.2 Å². The van der Waals surface area contributed by atoms with Gasteiger partial charge in [0.1, 0.15) is 11.9 Å². The van der Waals surface area contributed by atoms with E-state index in [1.54, 1.807) is 7.11 Å². The van der Waals surface area contributed by atoms with Crippen LogP contribution in [-0.2, 0) is 9.47 Å². The van der Waals surface area contributed by atoms with Gasteiger partial charge >= 0.3 is 0 Å². The molecule has 0 saturated carbocycles. The summed E-state index contributed by atoms with van der Waals surface area (Å²) in [6, 6.07) is 8.35. The van der Waals surface area contributed by atoms with Gasteiger partial charge in [0.2, 0.25) is 0 Å². The monoisotopic (exact) mass is 518 g/mol. The number of nitrogens with one attached hydrogen (secondary N) is 1. The van der Waals surface area contributed by atoms with Crippen molar-refractivity contribution in [1.82, 2.24) is 15.1 Å². The summed E-state index contributed by atoms with van der Waals surface area (Å²) in [5.41, 5.74) is 1.16. The number of guanidine groups is 1. The maximum absolute atomic E-state index is 5.98. The lowest BCUT2D eigenvalue weighted by Gasteiger charge is -2.37. The summed E-state index contributed by atoms with van der Waals surface area (Å²) >= 11 is 0. The summed E-state index contributed by atoms with van der Waals surface area (Å²) in [7, 11) is 7.73. The van der Waals surface area contributed by atoms with Gasteiger partial charge in [-0.1, -0.05) is 18.2 Å². The Morgan fingerprint density at radius 1 is 1.28 bits per heavy atom. The highest BCUT2D eigenvalue weighted by Gasteiger charge is 2.32. The largest absolute Gasteiger partial charge is 0.496 e. The Labute approximate surface area is 191 Å². The zero-order chi connectivity index (χ0) is 19.9. The third-order valence-electron chi connectivity index (χ3n) is 5.56. The number of ether oxygens (including phenoxy) is 3. The van der Waals surface area contributed by atoms with Crippen molar-refractivity contribution in [2.24, 2.45) is 4.99 Å². The molecule has 2 aliphatic heterocycles. The normalized spacial score (nSPS) is 23.6. The quantitative estimate of drug-likeness (QED) is 0.355. The number of hydrogen-bond acceptors (Lipinski definition) is 5. The molecule has 1 N–H and O–H groups in total. The van der Waals surface area contributed by atoms with E-state index in [0.29, 0.717) is 6.61 Å². The first-order valence-corrected chi connectivity index (χ1v) is 10.1. The molecule has 29 heavy (non-hydrogen) atoms. The van der Waals surface area contributed by atoms with Crippen molar-refractivity contribution in [3.63, 3.8) is 0 Å². The maximum Gasteiger partial charge on any atom is 0.193 e. The van der Waals surface area contributed by atoms with Crippen molar-refractivity contribution in [1.29, 1.82) is 0 Å². The molecular weight excluding hydrogens is 483 g/mol. The van der Waals surface area contributed by atoms with Crippen molar-refractivity contribution < 1.29 is 14.2 Å². The van der Waals surface area contributed by atoms with Crippen LogP contribution in [0.3, 0.4) is 0 Å². The van der Waals surface area contributed by atoms with Gasteiger partial charge < -0.3 is 29.3 Å². The predicted molar refractivity (Wildman–Crippen MR) is 126 cm³/mol. The zero-order valence-electron chi connectivity index (χ0n) is 18.0. The van der Waals surface area contributed by atoms with E-state index in [2.05, 4.69) is 46.3 Å². The third-order valence-corrected chi connectivity index (χ3v) is 5.56. The molecule has 3 atom stereocenters. The molecule has 3 rings (SSSR count). The lowest BCUT2D eigenvalue weighted by atomic mass is 10.0. The molecule has 0 aromatic heterocycles. The highest BCUT2D eigenvalue weighted by molar-refractivity contribution is 14.0. The fraction of sp³-hybridized carbons (Fsp3) is 0.667. The summed E-state index contributed by atoms with van der Waals surface area (Å²) in [5, 5.41) is 3.56. The molecule has 2 saturated heterocycles. The second kappa shape index (κ2) is 11.9. The molecule has 7 nitrogen and oxygen atoms in total. The van der Waals surface area contributed by atoms with Crippen molar-refractivity contribution in [3.05, 3.63) is 29.8 Å². The van der Waals surface area contributed by atoms with Crippen LogP contribution >= 0.6 is 24.0 Å². The van der Waals surface area contributed by atoms with Crippen LogP contribution in [-0.4, -0.2) is 89.1 Å². The first-order valence-electron chi connectivity index (χ1n) is 10.1. The Hall–Kier alpha value is -1.10. The molecule has 0 spiro atoms. The van der Waals surface area contributed by atoms with E-state index in [1.807, 2.05) is 19.2 Å². The number of aliphatic imine (C=N–C) groups is 1. The van der Waals surface area contributed by atoms with Crippen LogP contribution in [0.4, 0.5) is 0 Å². The molecule has 2 heterocycles. The summed E-state index contributed by atoms with van der Waals surface area (Å²) in [5.74, 6) is 1.82. The fourth-order valence-electron chi connectivity index (χ4n) is 4.02. The smallest absolute Gasteiger partial charge is 0.193 e. The summed E-state index contributed by atoms with van der Waals surface area (Å²) in [6.07, 6.45) is 2.54. The highest BCUT2D eigenvalue weighted by atomic mass is 127. The van der Waals surface area contributed by atoms with Crippen LogP contribution in [0, 0.1) is 0 Å². The molecule has 0 bridgehead atoms. The minimum absolute atomic E-state index is 0. The number of para-hydroxylation sites is 1. The fourth-order valence-corrected chi connectivity index (χ4v) is 4.02. The topological polar surface area (TPSA) is 58.6 Å². The Kier molecular flexibility index (Phi) is 9.94. The molecule has 1 aromatic carbocycles. The number of likely N-dealkylation sites (N-methyl/N-ethyl adjacent to an activating group) is 1. The standard InChI is InChI=1S/C21H34N4O3.HI/c1-22-21(25-11-13-28-20(15-25)19-10-7-12-27-19)23-14-17(24(2)3)16-8-5-6-9-18(16)26-4;/h5-6,8-9,17,19-20H,7,10-15H2,1-4H3,(H,22,23);1H. The molecule has 8 heteroatoms. The number of benzene rings is 1. The van der Waals surface area contributed by atoms with E-state index in [-0.39, 0.29) is 42.2 Å². The average Bonchev–Trinajstić information content (AvgIpc) is 3.26. The van der Waals surface area contributed by atoms with Crippen molar-refractivity contribution in [2.45, 2.75) is 31.1 Å². The molecule has 2 aliphatic rings. The zero-order valence-corrected chi connectivity index (χ0v) is 20.3. The minimum atomic E-state index is 0. The maximum atomic E-state index is 5.98. The van der Waals surface area contributed by atoms with E-state index >= 15 is 0 Å². The molecule has 2 fully saturated rings. The number of rotatable bonds is 6. The van der Waals surface area contributed by atoms with E-state index in [1.165, 1.54) is 0 Å². The number of hydrogen-bond donors (Lipinski definition) is 1. The van der Waals surface area contributed by atoms with E-state index in [9.17, 15) is 0 Å². The van der Waals surface area contributed by atoms with Crippen molar-refractivity contribution >= 4 is 29.9 Å². The third kappa shape index (κ3) is 6.19. The first kappa shape index (κ1) is 24.2. The Bertz CT molecular complexity index is 653. The summed E-state index contributed by atoms with van der Waals surface area (Å²) in [6.45, 7) is 3.94. The van der Waals surface area contributed by atoms with Gasteiger partial charge in [0.15, 0.2) is 5.96 Å². The molecular formula is C21H35IN4O3. The average molecular weight is 518 g/mol. The van der Waals surface area contributed by atoms with Crippen molar-refractivity contribution in [3.8, 4) is 5.75 Å². The van der Waals surface area contributed by atoms with E-state index < -0.39 is 0 Å². The number of halogens is 1. The Balaban J connectivity index is 0.00000300. The minimum Gasteiger partial charge on any atom is -0.496 e. The van der Waals surface area contributed by atoms with Crippen LogP contribution in [0.15, 0.2) is 29.3 Å². The Morgan fingerprint density at radius 3 is 2.69 bits per heavy atom. The molecule has 0 radical (unpaired) electrons.